The van der Waals surface area contributed by atoms with Crippen LogP contribution in [0.3, 0.4) is 0 Å². The highest BCUT2D eigenvalue weighted by molar-refractivity contribution is 5.99. The summed E-state index contributed by atoms with van der Waals surface area (Å²) in [4.78, 5) is 31.2. The topological polar surface area (TPSA) is 56.4 Å². The van der Waals surface area contributed by atoms with E-state index in [0.29, 0.717) is 23.3 Å². The highest BCUT2D eigenvalue weighted by Gasteiger charge is 2.36. The lowest BCUT2D eigenvalue weighted by Gasteiger charge is -2.33. The highest BCUT2D eigenvalue weighted by atomic mass is 19.1. The fourth-order valence-corrected chi connectivity index (χ4v) is 4.32. The van der Waals surface area contributed by atoms with Crippen LogP contribution in [0.5, 0.6) is 0 Å². The predicted molar refractivity (Wildman–Crippen MR) is 118 cm³/mol. The van der Waals surface area contributed by atoms with Gasteiger partial charge in [-0.25, -0.2) is 4.39 Å². The molecule has 164 valence electrons. The largest absolute Gasteiger partial charge is 0.348 e. The van der Waals surface area contributed by atoms with Crippen LogP contribution in [0.4, 0.5) is 4.39 Å². The molecule has 1 aliphatic carbocycles. The Kier molecular flexibility index (Phi) is 6.84. The van der Waals surface area contributed by atoms with Crippen molar-refractivity contribution in [2.75, 3.05) is 27.2 Å². The molecule has 2 aliphatic rings. The number of amides is 2. The number of fused-ring (bicyclic) bond motifs is 1. The first-order valence-electron chi connectivity index (χ1n) is 11.2. The maximum absolute atomic E-state index is 15.5. The predicted octanol–water partition coefficient (Wildman–Crippen LogP) is 4.71. The number of hydrogen-bond acceptors (Lipinski definition) is 2. The molecule has 1 atom stereocenters. The van der Waals surface area contributed by atoms with Gasteiger partial charge in [-0.15, -0.1) is 0 Å². The fraction of sp³-hybridized carbons (Fsp3) is 0.583. The van der Waals surface area contributed by atoms with Gasteiger partial charge in [0.15, 0.2) is 5.82 Å². The Labute approximate surface area is 178 Å². The summed E-state index contributed by atoms with van der Waals surface area (Å²) < 4.78 is 15.5. The van der Waals surface area contributed by atoms with Gasteiger partial charge in [0, 0.05) is 44.4 Å². The lowest BCUT2D eigenvalue weighted by molar-refractivity contribution is -0.133. The molecule has 2 fully saturated rings. The minimum Gasteiger partial charge on any atom is -0.348 e. The van der Waals surface area contributed by atoms with Crippen molar-refractivity contribution in [3.63, 3.8) is 0 Å². The SMILES string of the molecule is CC.CCc1cc(C2CCCN(C(=O)C3CC3)C2)c(F)c2[nH]c(C(=O)N(C)C)cc12. The molecule has 0 bridgehead atoms. The number of halogens is 1. The maximum Gasteiger partial charge on any atom is 0.269 e. The molecule has 4 rings (SSSR count). The van der Waals surface area contributed by atoms with Crippen LogP contribution >= 0.6 is 0 Å². The molecule has 1 aromatic carbocycles. The molecule has 30 heavy (non-hydrogen) atoms. The first-order chi connectivity index (χ1) is 14.4. The number of hydrogen-bond donors (Lipinski definition) is 1. The molecule has 1 aliphatic heterocycles. The smallest absolute Gasteiger partial charge is 0.269 e. The number of nitrogens with zero attached hydrogens (tertiary/aromatic N) is 2. The second-order valence-corrected chi connectivity index (χ2v) is 8.36. The lowest BCUT2D eigenvalue weighted by Crippen LogP contribution is -2.40. The van der Waals surface area contributed by atoms with Crippen molar-refractivity contribution in [1.29, 1.82) is 0 Å². The van der Waals surface area contributed by atoms with Gasteiger partial charge in [0.05, 0.1) is 5.52 Å². The minimum atomic E-state index is -0.282. The van der Waals surface area contributed by atoms with Crippen molar-refractivity contribution < 1.29 is 14.0 Å². The van der Waals surface area contributed by atoms with Crippen LogP contribution in [0.1, 0.15) is 74.0 Å². The molecule has 2 amide bonds. The number of rotatable bonds is 4. The molecule has 1 unspecified atom stereocenters. The molecular weight excluding hydrogens is 381 g/mol. The molecule has 2 heterocycles. The molecular formula is C24H34FN3O2. The zero-order valence-electron chi connectivity index (χ0n) is 18.8. The van der Waals surface area contributed by atoms with Gasteiger partial charge in [0.2, 0.25) is 5.91 Å². The van der Waals surface area contributed by atoms with E-state index in [4.69, 9.17) is 0 Å². The van der Waals surface area contributed by atoms with Crippen molar-refractivity contribution in [2.24, 2.45) is 5.92 Å². The average molecular weight is 416 g/mol. The van der Waals surface area contributed by atoms with Crippen LogP contribution < -0.4 is 0 Å². The molecule has 1 aromatic heterocycles. The van der Waals surface area contributed by atoms with Gasteiger partial charge < -0.3 is 14.8 Å². The van der Waals surface area contributed by atoms with Crippen LogP contribution in [0.25, 0.3) is 10.9 Å². The fourth-order valence-electron chi connectivity index (χ4n) is 4.32. The van der Waals surface area contributed by atoms with Crippen LogP contribution in [0.15, 0.2) is 12.1 Å². The van der Waals surface area contributed by atoms with E-state index in [2.05, 4.69) is 4.98 Å². The number of carbonyl (C=O) groups is 2. The molecule has 1 saturated carbocycles. The third-order valence-corrected chi connectivity index (χ3v) is 6.08. The number of likely N-dealkylation sites (tertiary alicyclic amines) is 1. The summed E-state index contributed by atoms with van der Waals surface area (Å²) in [6.45, 7) is 7.41. The number of aromatic amines is 1. The first-order valence-corrected chi connectivity index (χ1v) is 11.2. The molecule has 1 saturated heterocycles. The number of carbonyl (C=O) groups excluding carboxylic acids is 2. The summed E-state index contributed by atoms with van der Waals surface area (Å²) in [5.74, 6) is -0.0165. The number of aromatic nitrogens is 1. The monoisotopic (exact) mass is 415 g/mol. The van der Waals surface area contributed by atoms with Gasteiger partial charge in [0.25, 0.3) is 5.91 Å². The third kappa shape index (κ3) is 4.23. The van der Waals surface area contributed by atoms with Gasteiger partial charge >= 0.3 is 0 Å². The van der Waals surface area contributed by atoms with Gasteiger partial charge in [-0.05, 0) is 49.3 Å². The minimum absolute atomic E-state index is 0.00227. The number of benzene rings is 1. The summed E-state index contributed by atoms with van der Waals surface area (Å²) in [7, 11) is 3.37. The van der Waals surface area contributed by atoms with Crippen molar-refractivity contribution in [2.45, 2.75) is 58.8 Å². The van der Waals surface area contributed by atoms with Crippen molar-refractivity contribution in [3.05, 3.63) is 34.8 Å². The number of piperidine rings is 1. The van der Waals surface area contributed by atoms with E-state index < -0.39 is 0 Å². The molecule has 2 aromatic rings. The summed E-state index contributed by atoms with van der Waals surface area (Å²) in [6, 6.07) is 3.71. The Morgan fingerprint density at radius 1 is 1.20 bits per heavy atom. The average Bonchev–Trinajstić information content (AvgIpc) is 3.52. The van der Waals surface area contributed by atoms with Gasteiger partial charge in [-0.3, -0.25) is 9.59 Å². The standard InChI is InChI=1S/C22H28FN3O2.C2H6/c1-4-13-10-16(15-6-5-9-26(12-15)21(27)14-7-8-14)19(23)20-17(13)11-18(24-20)22(28)25(2)3;1-2/h10-11,14-15,24H,4-9,12H2,1-3H3;1-2H3. The quantitative estimate of drug-likeness (QED) is 0.786. The van der Waals surface area contributed by atoms with Gasteiger partial charge in [-0.1, -0.05) is 26.8 Å². The Bertz CT molecular complexity index is 930. The van der Waals surface area contributed by atoms with Gasteiger partial charge in [-0.2, -0.15) is 0 Å². The highest BCUT2D eigenvalue weighted by Crippen LogP contribution is 2.37. The molecule has 0 spiro atoms. The Hall–Kier alpha value is -2.37. The van der Waals surface area contributed by atoms with E-state index in [1.54, 1.807) is 20.2 Å². The van der Waals surface area contributed by atoms with Crippen LogP contribution in [-0.4, -0.2) is 53.8 Å². The van der Waals surface area contributed by atoms with E-state index in [-0.39, 0.29) is 29.5 Å². The number of nitrogens with one attached hydrogen (secondary N) is 1. The Morgan fingerprint density at radius 2 is 1.90 bits per heavy atom. The van der Waals surface area contributed by atoms with Crippen molar-refractivity contribution >= 4 is 22.7 Å². The number of aryl methyl sites for hydroxylation is 1. The van der Waals surface area contributed by atoms with Crippen LogP contribution in [0.2, 0.25) is 0 Å². The molecule has 6 heteroatoms. The Balaban J connectivity index is 0.00000124. The van der Waals surface area contributed by atoms with E-state index >= 15 is 4.39 Å². The van der Waals surface area contributed by atoms with Gasteiger partial charge in [0.1, 0.15) is 5.69 Å². The maximum atomic E-state index is 15.5. The summed E-state index contributed by atoms with van der Waals surface area (Å²) in [6.07, 6.45) is 4.52. The Morgan fingerprint density at radius 3 is 2.50 bits per heavy atom. The van der Waals surface area contributed by atoms with E-state index in [1.807, 2.05) is 31.7 Å². The first kappa shape index (κ1) is 22.3. The summed E-state index contributed by atoms with van der Waals surface area (Å²) in [5.41, 5.74) is 2.51. The third-order valence-electron chi connectivity index (χ3n) is 6.08. The van der Waals surface area contributed by atoms with Crippen molar-refractivity contribution in [1.82, 2.24) is 14.8 Å². The van der Waals surface area contributed by atoms with E-state index in [0.717, 1.165) is 49.6 Å². The molecule has 0 radical (unpaired) electrons. The zero-order valence-corrected chi connectivity index (χ0v) is 18.8. The summed E-state index contributed by atoms with van der Waals surface area (Å²) >= 11 is 0. The summed E-state index contributed by atoms with van der Waals surface area (Å²) in [5, 5.41) is 0.774. The molecule has 5 nitrogen and oxygen atoms in total. The lowest BCUT2D eigenvalue weighted by atomic mass is 9.87. The number of H-pyrrole nitrogens is 1. The van der Waals surface area contributed by atoms with Crippen molar-refractivity contribution in [3.8, 4) is 0 Å². The molecule has 1 N–H and O–H groups in total. The van der Waals surface area contributed by atoms with Crippen LogP contribution in [0, 0.1) is 11.7 Å². The van der Waals surface area contributed by atoms with E-state index in [1.165, 1.54) is 4.90 Å². The second-order valence-electron chi connectivity index (χ2n) is 8.36. The zero-order chi connectivity index (χ0) is 22.0. The van der Waals surface area contributed by atoms with Crippen LogP contribution in [-0.2, 0) is 11.2 Å². The normalized spacial score (nSPS) is 18.7. The second kappa shape index (κ2) is 9.19. The van der Waals surface area contributed by atoms with E-state index in [9.17, 15) is 9.59 Å².